The van der Waals surface area contributed by atoms with Gasteiger partial charge < -0.3 is 40.0 Å². The molecule has 10 heteroatoms. The summed E-state index contributed by atoms with van der Waals surface area (Å²) < 4.78 is 11.8. The van der Waals surface area contributed by atoms with E-state index in [-0.39, 0.29) is 95.5 Å². The highest BCUT2D eigenvalue weighted by atomic mass is 16.5. The molecule has 10 nitrogen and oxygen atoms in total. The topological polar surface area (TPSA) is 178 Å². The molecule has 0 radical (unpaired) electrons. The minimum Gasteiger partial charge on any atom is -0.508 e. The molecule has 1 fully saturated rings. The van der Waals surface area contributed by atoms with Crippen molar-refractivity contribution in [3.63, 3.8) is 0 Å². The summed E-state index contributed by atoms with van der Waals surface area (Å²) >= 11 is 0. The number of aliphatic hydroxyl groups excluding tert-OH is 1. The predicted octanol–water partition coefficient (Wildman–Crippen LogP) is 8.49. The van der Waals surface area contributed by atoms with Gasteiger partial charge in [0.15, 0.2) is 23.0 Å². The van der Waals surface area contributed by atoms with Gasteiger partial charge in [0.25, 0.3) is 0 Å². The maximum atomic E-state index is 13.9. The molecule has 60 heavy (non-hydrogen) atoms. The number of nitrogens with two attached hydrogens (primary N) is 1. The van der Waals surface area contributed by atoms with Crippen LogP contribution in [-0.2, 0) is 29.7 Å². The van der Waals surface area contributed by atoms with Crippen molar-refractivity contribution in [3.8, 4) is 45.8 Å². The first-order valence-corrected chi connectivity index (χ1v) is 21.5. The molecule has 6 aliphatic rings. The van der Waals surface area contributed by atoms with Crippen LogP contribution < -0.4 is 15.2 Å². The van der Waals surface area contributed by atoms with E-state index in [9.17, 15) is 30.3 Å². The lowest BCUT2D eigenvalue weighted by molar-refractivity contribution is -0.121. The number of rotatable bonds is 12. The number of phenols is 4. The fraction of sp³-hybridized carbons (Fsp3) is 0.380. The molecule has 310 valence electrons. The van der Waals surface area contributed by atoms with Gasteiger partial charge in [0.1, 0.15) is 24.9 Å². The number of aryl methyl sites for hydroxylation is 2. The smallest absolute Gasteiger partial charge is 0.200 e. The van der Waals surface area contributed by atoms with E-state index in [0.717, 1.165) is 55.2 Å². The van der Waals surface area contributed by atoms with E-state index in [1.807, 2.05) is 6.07 Å². The van der Waals surface area contributed by atoms with Crippen LogP contribution in [0.5, 0.6) is 34.5 Å². The molecule has 5 aromatic rings. The number of hydrogen-bond acceptors (Lipinski definition) is 9. The summed E-state index contributed by atoms with van der Waals surface area (Å²) in [6.45, 7) is -0.0291. The molecule has 11 rings (SSSR count). The molecule has 4 aromatic carbocycles. The summed E-state index contributed by atoms with van der Waals surface area (Å²) in [7, 11) is 0. The van der Waals surface area contributed by atoms with Crippen LogP contribution in [0.3, 0.4) is 0 Å². The Morgan fingerprint density at radius 2 is 1.77 bits per heavy atom. The maximum absolute atomic E-state index is 13.9. The number of hydrogen-bond donors (Lipinski definition) is 7. The Balaban J connectivity index is 1.08. The first-order valence-electron chi connectivity index (χ1n) is 21.5. The number of carbonyl (C=O) groups excluding carboxylic acids is 1. The largest absolute Gasteiger partial charge is 0.508 e. The van der Waals surface area contributed by atoms with Crippen molar-refractivity contribution in [2.24, 2.45) is 23.5 Å². The monoisotopic (exact) mass is 808 g/mol. The summed E-state index contributed by atoms with van der Waals surface area (Å²) in [5.74, 6) is -0.521. The highest BCUT2D eigenvalue weighted by Crippen LogP contribution is 2.71. The number of aliphatic hydroxyl groups is 1. The highest BCUT2D eigenvalue weighted by Gasteiger charge is 2.63. The van der Waals surface area contributed by atoms with E-state index in [1.165, 1.54) is 34.0 Å². The second-order valence-electron chi connectivity index (χ2n) is 17.7. The standard InChI is InChI=1S/C50H52N2O8/c51-26-60-43-21-27(11-17-40(43)55)10-15-33(54)23-41(56)35-16-13-30-22-39(45(35)37-24-42(57)48(58)49(44(30)37)59-25-28-4-1-7-32(53)20-28)50-31-6-3-9-38(50)34-18-19-52-47(34)36-8-2-5-29(12-14-31)46(36)50/h1-2,4-5,7-8,11,13,16-21,24,30-31,35,38-39,41,45,52-53,55-58H,3,6,9-10,12,14-15,22-23,25-26,51H2/t30-,31-,35+,38+,39-,41-,45-,50-/m0/s1. The molecule has 0 spiro atoms. The number of allylic oxidation sites excluding steroid dienone is 1. The number of ether oxygens (including phenoxy) is 2. The summed E-state index contributed by atoms with van der Waals surface area (Å²) in [4.78, 5) is 17.5. The van der Waals surface area contributed by atoms with Crippen molar-refractivity contribution in [2.45, 2.75) is 93.7 Å². The summed E-state index contributed by atoms with van der Waals surface area (Å²) in [6.07, 6.45) is 11.9. The molecular formula is C50H52N2O8. The molecule has 0 saturated heterocycles. The molecule has 2 bridgehead atoms. The molecule has 0 unspecified atom stereocenters. The number of H-pyrrole nitrogens is 1. The van der Waals surface area contributed by atoms with Gasteiger partial charge in [-0.05, 0) is 132 Å². The zero-order valence-corrected chi connectivity index (χ0v) is 33.5. The lowest BCUT2D eigenvalue weighted by Crippen LogP contribution is -2.57. The Kier molecular flexibility index (Phi) is 9.68. The second-order valence-corrected chi connectivity index (χ2v) is 17.7. The van der Waals surface area contributed by atoms with Crippen molar-refractivity contribution in [2.75, 3.05) is 6.73 Å². The number of benzene rings is 4. The zero-order chi connectivity index (χ0) is 41.3. The quantitative estimate of drug-likeness (QED) is 0.0370. The van der Waals surface area contributed by atoms with Gasteiger partial charge in [0, 0.05) is 53.1 Å². The molecule has 6 aliphatic carbocycles. The predicted molar refractivity (Wildman–Crippen MR) is 226 cm³/mol. The van der Waals surface area contributed by atoms with Crippen LogP contribution in [0, 0.1) is 17.8 Å². The van der Waals surface area contributed by atoms with Crippen molar-refractivity contribution in [1.29, 1.82) is 0 Å². The van der Waals surface area contributed by atoms with Gasteiger partial charge in [0.2, 0.25) is 5.75 Å². The van der Waals surface area contributed by atoms with Gasteiger partial charge in [-0.15, -0.1) is 0 Å². The van der Waals surface area contributed by atoms with Gasteiger partial charge >= 0.3 is 0 Å². The Bertz CT molecular complexity index is 2510. The van der Waals surface area contributed by atoms with E-state index < -0.39 is 12.0 Å². The van der Waals surface area contributed by atoms with E-state index in [0.29, 0.717) is 17.9 Å². The lowest BCUT2D eigenvalue weighted by Gasteiger charge is -2.63. The normalized spacial score (nSPS) is 26.0. The van der Waals surface area contributed by atoms with Crippen LogP contribution in [0.2, 0.25) is 0 Å². The fourth-order valence-corrected chi connectivity index (χ4v) is 12.6. The third-order valence-corrected chi connectivity index (χ3v) is 14.8. The number of aromatic hydroxyl groups is 4. The first kappa shape index (κ1) is 38.5. The lowest BCUT2D eigenvalue weighted by atomic mass is 9.40. The molecule has 8 N–H and O–H groups in total. The molecule has 8 atom stereocenters. The van der Waals surface area contributed by atoms with Crippen molar-refractivity contribution in [3.05, 3.63) is 130 Å². The van der Waals surface area contributed by atoms with E-state index >= 15 is 0 Å². The van der Waals surface area contributed by atoms with Gasteiger partial charge in [0.05, 0.1) is 6.10 Å². The van der Waals surface area contributed by atoms with E-state index in [2.05, 4.69) is 47.6 Å². The Morgan fingerprint density at radius 3 is 2.62 bits per heavy atom. The van der Waals surface area contributed by atoms with Crippen LogP contribution in [0.1, 0.15) is 102 Å². The second kappa shape index (κ2) is 15.1. The van der Waals surface area contributed by atoms with Crippen molar-refractivity contribution in [1.82, 2.24) is 4.98 Å². The van der Waals surface area contributed by atoms with Crippen LogP contribution in [0.4, 0.5) is 0 Å². The van der Waals surface area contributed by atoms with Crippen molar-refractivity contribution < 1.29 is 39.8 Å². The fourth-order valence-electron chi connectivity index (χ4n) is 12.6. The molecular weight excluding hydrogens is 757 g/mol. The Hall–Kier alpha value is -5.71. The third kappa shape index (κ3) is 6.09. The van der Waals surface area contributed by atoms with Gasteiger partial charge in [-0.2, -0.15) is 0 Å². The number of nitrogens with one attached hydrogen (secondary N) is 1. The zero-order valence-electron chi connectivity index (χ0n) is 33.5. The molecule has 1 heterocycles. The number of phenolic OH excluding ortho intramolecular Hbond substituents is 4. The molecule has 1 aromatic heterocycles. The number of aromatic nitrogens is 1. The van der Waals surface area contributed by atoms with E-state index in [1.54, 1.807) is 36.4 Å². The minimum absolute atomic E-state index is 0.0131. The number of aromatic amines is 1. The van der Waals surface area contributed by atoms with Crippen LogP contribution in [0.15, 0.2) is 91.1 Å². The van der Waals surface area contributed by atoms with Gasteiger partial charge in [-0.1, -0.05) is 55.0 Å². The highest BCUT2D eigenvalue weighted by molar-refractivity contribution is 5.79. The Labute approximate surface area is 349 Å². The van der Waals surface area contributed by atoms with E-state index in [4.69, 9.17) is 15.2 Å². The summed E-state index contributed by atoms with van der Waals surface area (Å²) in [6, 6.07) is 22.5. The molecule has 0 aliphatic heterocycles. The summed E-state index contributed by atoms with van der Waals surface area (Å²) in [5, 5.41) is 56.0. The molecule has 1 saturated carbocycles. The van der Waals surface area contributed by atoms with Crippen molar-refractivity contribution >= 4 is 5.78 Å². The third-order valence-electron chi connectivity index (χ3n) is 14.8. The maximum Gasteiger partial charge on any atom is 0.200 e. The number of fused-ring (bicyclic) bond motifs is 5. The SMILES string of the molecule is NCOc1cc(CCC(=O)C[C@H](O)[C@H]2C=C[C@H]3C[C@H]([C@@]45c6c7cccc6-c6[nH]ccc6[C@H]4CCC[C@H]5CC7)[C@@H]2c2cc(O)c(O)c(OCc4cccc(O)c4)c23)ccc1O. The number of carbonyl (C=O) groups is 1. The van der Waals surface area contributed by atoms with Gasteiger partial charge in [-0.3, -0.25) is 10.5 Å². The average molecular weight is 809 g/mol. The minimum atomic E-state index is -1.03. The average Bonchev–Trinajstić information content (AvgIpc) is 3.59. The van der Waals surface area contributed by atoms with Crippen LogP contribution in [0.25, 0.3) is 11.3 Å². The van der Waals surface area contributed by atoms with Gasteiger partial charge in [-0.25, -0.2) is 0 Å². The molecule has 0 amide bonds. The Morgan fingerprint density at radius 1 is 0.900 bits per heavy atom. The number of ketones is 1. The van der Waals surface area contributed by atoms with Crippen LogP contribution >= 0.6 is 0 Å². The summed E-state index contributed by atoms with van der Waals surface area (Å²) in [5.41, 5.74) is 15.1. The van der Waals surface area contributed by atoms with Crippen LogP contribution in [-0.4, -0.2) is 49.1 Å². The first-order chi connectivity index (χ1) is 29.2. The number of Topliss-reactive ketones (excluding diaryl/α,β-unsaturated/α-hetero) is 1.